The van der Waals surface area contributed by atoms with Crippen LogP contribution in [0.1, 0.15) is 19.8 Å². The predicted octanol–water partition coefficient (Wildman–Crippen LogP) is 1.58. The van der Waals surface area contributed by atoms with E-state index >= 15 is 0 Å². The quantitative estimate of drug-likeness (QED) is 0.520. The Hall–Kier alpha value is -0.280. The standard InChI is InChI=1S/C9H15ClO3/c1-3-7(10)6-4-5-13-8(6)9(11)12-2/h6-8H,3-5H2,1-2H3/t6-,7?,8+/m0/s1. The SMILES string of the molecule is CCC(Cl)[C@@H]1CCO[C@H]1C(=O)OC. The van der Waals surface area contributed by atoms with Crippen LogP contribution >= 0.6 is 11.6 Å². The third kappa shape index (κ3) is 2.35. The van der Waals surface area contributed by atoms with E-state index in [0.717, 1.165) is 12.8 Å². The molecule has 0 saturated carbocycles. The molecule has 3 atom stereocenters. The van der Waals surface area contributed by atoms with Gasteiger partial charge in [0.1, 0.15) is 0 Å². The summed E-state index contributed by atoms with van der Waals surface area (Å²) in [6.45, 7) is 2.61. The van der Waals surface area contributed by atoms with E-state index in [0.29, 0.717) is 6.61 Å². The van der Waals surface area contributed by atoms with E-state index in [2.05, 4.69) is 4.74 Å². The summed E-state index contributed by atoms with van der Waals surface area (Å²) >= 11 is 6.08. The number of carbonyl (C=O) groups is 1. The summed E-state index contributed by atoms with van der Waals surface area (Å²) in [6, 6.07) is 0. The van der Waals surface area contributed by atoms with Gasteiger partial charge in [-0.25, -0.2) is 4.79 Å². The normalized spacial score (nSPS) is 30.1. The zero-order chi connectivity index (χ0) is 9.84. The van der Waals surface area contributed by atoms with Crippen molar-refractivity contribution in [1.29, 1.82) is 0 Å². The molecule has 1 aliphatic rings. The monoisotopic (exact) mass is 206 g/mol. The molecule has 0 N–H and O–H groups in total. The molecule has 0 aromatic heterocycles. The molecule has 4 heteroatoms. The minimum absolute atomic E-state index is 0.00611. The van der Waals surface area contributed by atoms with Gasteiger partial charge in [0.25, 0.3) is 0 Å². The highest BCUT2D eigenvalue weighted by Crippen LogP contribution is 2.29. The summed E-state index contributed by atoms with van der Waals surface area (Å²) in [7, 11) is 1.37. The van der Waals surface area contributed by atoms with Crippen molar-refractivity contribution >= 4 is 17.6 Å². The van der Waals surface area contributed by atoms with Crippen molar-refractivity contribution in [3.63, 3.8) is 0 Å². The van der Waals surface area contributed by atoms with Gasteiger partial charge < -0.3 is 9.47 Å². The van der Waals surface area contributed by atoms with Crippen LogP contribution in [0.3, 0.4) is 0 Å². The second kappa shape index (κ2) is 4.82. The van der Waals surface area contributed by atoms with Gasteiger partial charge in [0.15, 0.2) is 6.10 Å². The van der Waals surface area contributed by atoms with Gasteiger partial charge in [-0.1, -0.05) is 6.92 Å². The Kier molecular flexibility index (Phi) is 4.00. The van der Waals surface area contributed by atoms with Crippen LogP contribution in [0.15, 0.2) is 0 Å². The Morgan fingerprint density at radius 2 is 2.46 bits per heavy atom. The minimum atomic E-state index is -0.451. The van der Waals surface area contributed by atoms with Crippen molar-refractivity contribution in [1.82, 2.24) is 0 Å². The van der Waals surface area contributed by atoms with Crippen LogP contribution in [0.4, 0.5) is 0 Å². The van der Waals surface area contributed by atoms with Crippen LogP contribution in [0.5, 0.6) is 0 Å². The lowest BCUT2D eigenvalue weighted by Crippen LogP contribution is -2.32. The molecule has 3 nitrogen and oxygen atoms in total. The number of methoxy groups -OCH3 is 1. The van der Waals surface area contributed by atoms with E-state index < -0.39 is 6.10 Å². The van der Waals surface area contributed by atoms with Gasteiger partial charge in [-0.2, -0.15) is 0 Å². The Balaban J connectivity index is 2.58. The molecule has 1 rings (SSSR count). The average Bonchev–Trinajstić information content (AvgIpc) is 2.63. The van der Waals surface area contributed by atoms with E-state index in [1.807, 2.05) is 6.92 Å². The number of ether oxygens (including phenoxy) is 2. The van der Waals surface area contributed by atoms with Gasteiger partial charge in [-0.3, -0.25) is 0 Å². The maximum Gasteiger partial charge on any atom is 0.335 e. The first-order valence-electron chi connectivity index (χ1n) is 4.54. The lowest BCUT2D eigenvalue weighted by atomic mass is 9.96. The fraction of sp³-hybridized carbons (Fsp3) is 0.889. The van der Waals surface area contributed by atoms with Gasteiger partial charge in [-0.15, -0.1) is 11.6 Å². The van der Waals surface area contributed by atoms with Crippen LogP contribution < -0.4 is 0 Å². The third-order valence-corrected chi connectivity index (χ3v) is 3.06. The smallest absolute Gasteiger partial charge is 0.335 e. The lowest BCUT2D eigenvalue weighted by molar-refractivity contribution is -0.153. The lowest BCUT2D eigenvalue weighted by Gasteiger charge is -2.19. The molecule has 1 aliphatic heterocycles. The molecule has 0 radical (unpaired) electrons. The number of hydrogen-bond acceptors (Lipinski definition) is 3. The molecule has 0 aromatic rings. The minimum Gasteiger partial charge on any atom is -0.467 e. The maximum absolute atomic E-state index is 11.2. The number of alkyl halides is 1. The molecule has 0 bridgehead atoms. The van der Waals surface area contributed by atoms with E-state index in [4.69, 9.17) is 16.3 Å². The van der Waals surface area contributed by atoms with Gasteiger partial charge in [-0.05, 0) is 12.8 Å². The van der Waals surface area contributed by atoms with Crippen molar-refractivity contribution in [2.24, 2.45) is 5.92 Å². The van der Waals surface area contributed by atoms with Crippen LogP contribution in [-0.2, 0) is 14.3 Å². The van der Waals surface area contributed by atoms with Crippen molar-refractivity contribution in [2.75, 3.05) is 13.7 Å². The molecule has 0 aliphatic carbocycles. The first kappa shape index (κ1) is 10.8. The van der Waals surface area contributed by atoms with Crippen molar-refractivity contribution in [2.45, 2.75) is 31.2 Å². The molecule has 1 heterocycles. The highest BCUT2D eigenvalue weighted by Gasteiger charge is 2.38. The Bertz CT molecular complexity index is 184. The number of halogens is 1. The average molecular weight is 207 g/mol. The summed E-state index contributed by atoms with van der Waals surface area (Å²) in [5.74, 6) is -0.194. The Labute approximate surface area is 83.3 Å². The largest absolute Gasteiger partial charge is 0.467 e. The van der Waals surface area contributed by atoms with E-state index in [1.165, 1.54) is 7.11 Å². The van der Waals surface area contributed by atoms with E-state index in [1.54, 1.807) is 0 Å². The number of hydrogen-bond donors (Lipinski definition) is 0. The highest BCUT2D eigenvalue weighted by molar-refractivity contribution is 6.21. The molecule has 0 amide bonds. The zero-order valence-corrected chi connectivity index (χ0v) is 8.71. The number of rotatable bonds is 3. The molecule has 13 heavy (non-hydrogen) atoms. The van der Waals surface area contributed by atoms with Gasteiger partial charge in [0.2, 0.25) is 0 Å². The molecule has 1 fully saturated rings. The van der Waals surface area contributed by atoms with E-state index in [-0.39, 0.29) is 17.3 Å². The van der Waals surface area contributed by atoms with Crippen molar-refractivity contribution in [3.05, 3.63) is 0 Å². The molecule has 0 spiro atoms. The first-order valence-corrected chi connectivity index (χ1v) is 4.97. The third-order valence-electron chi connectivity index (χ3n) is 2.43. The van der Waals surface area contributed by atoms with Gasteiger partial charge >= 0.3 is 5.97 Å². The zero-order valence-electron chi connectivity index (χ0n) is 7.96. The molecule has 76 valence electrons. The Morgan fingerprint density at radius 1 is 1.77 bits per heavy atom. The number of esters is 1. The van der Waals surface area contributed by atoms with Crippen molar-refractivity contribution < 1.29 is 14.3 Å². The molecule has 1 unspecified atom stereocenters. The fourth-order valence-corrected chi connectivity index (χ4v) is 1.90. The van der Waals surface area contributed by atoms with Crippen LogP contribution in [0, 0.1) is 5.92 Å². The summed E-state index contributed by atoms with van der Waals surface area (Å²) in [4.78, 5) is 11.2. The predicted molar refractivity (Wildman–Crippen MR) is 49.8 cm³/mol. The van der Waals surface area contributed by atoms with Crippen LogP contribution in [-0.4, -0.2) is 31.2 Å². The van der Waals surface area contributed by atoms with Crippen molar-refractivity contribution in [3.8, 4) is 0 Å². The molecular formula is C9H15ClO3. The van der Waals surface area contributed by atoms with E-state index in [9.17, 15) is 4.79 Å². The fourth-order valence-electron chi connectivity index (χ4n) is 1.64. The van der Waals surface area contributed by atoms with Crippen LogP contribution in [0.2, 0.25) is 0 Å². The summed E-state index contributed by atoms with van der Waals surface area (Å²) in [6.07, 6.45) is 1.25. The summed E-state index contributed by atoms with van der Waals surface area (Å²) in [5.41, 5.74) is 0. The topological polar surface area (TPSA) is 35.5 Å². The van der Waals surface area contributed by atoms with Crippen LogP contribution in [0.25, 0.3) is 0 Å². The molecule has 1 saturated heterocycles. The number of carbonyl (C=O) groups excluding carboxylic acids is 1. The maximum atomic E-state index is 11.2. The molecule has 0 aromatic carbocycles. The first-order chi connectivity index (χ1) is 6.20. The van der Waals surface area contributed by atoms with Gasteiger partial charge in [0.05, 0.1) is 7.11 Å². The summed E-state index contributed by atoms with van der Waals surface area (Å²) < 4.78 is 9.92. The highest BCUT2D eigenvalue weighted by atomic mass is 35.5. The molecular weight excluding hydrogens is 192 g/mol. The second-order valence-electron chi connectivity index (χ2n) is 3.19. The summed E-state index contributed by atoms with van der Waals surface area (Å²) in [5, 5.41) is 0.00611. The Morgan fingerprint density at radius 3 is 3.00 bits per heavy atom. The second-order valence-corrected chi connectivity index (χ2v) is 3.75. The van der Waals surface area contributed by atoms with Gasteiger partial charge in [0, 0.05) is 17.9 Å².